The van der Waals surface area contributed by atoms with Crippen LogP contribution in [0.1, 0.15) is 23.1 Å². The van der Waals surface area contributed by atoms with Crippen LogP contribution in [0.2, 0.25) is 0 Å². The van der Waals surface area contributed by atoms with Crippen LogP contribution in [0, 0.1) is 16.3 Å². The number of hydrogen-bond acceptors (Lipinski definition) is 7. The van der Waals surface area contributed by atoms with Crippen LogP contribution in [-0.2, 0) is 11.3 Å². The lowest BCUT2D eigenvalue weighted by atomic mass is 10.1. The Hall–Kier alpha value is -4.10. The summed E-state index contributed by atoms with van der Waals surface area (Å²) in [4.78, 5) is 30.1. The molecule has 44 heavy (non-hydrogen) atoms. The molecule has 0 unspecified atom stereocenters. The highest BCUT2D eigenvalue weighted by Crippen LogP contribution is 2.35. The van der Waals surface area contributed by atoms with Crippen molar-refractivity contribution in [2.45, 2.75) is 26.0 Å². The van der Waals surface area contributed by atoms with Gasteiger partial charge in [0.25, 0.3) is 5.56 Å². The molecule has 3 aromatic carbocycles. The van der Waals surface area contributed by atoms with E-state index in [1.807, 2.05) is 41.6 Å². The smallest absolute Gasteiger partial charge is 0.337 e. The van der Waals surface area contributed by atoms with Crippen molar-refractivity contribution < 1.29 is 23.3 Å². The van der Waals surface area contributed by atoms with Crippen molar-refractivity contribution in [1.29, 1.82) is 0 Å². The molecule has 1 atom stereocenters. The van der Waals surface area contributed by atoms with Crippen LogP contribution in [0.4, 0.5) is 10.2 Å². The van der Waals surface area contributed by atoms with Gasteiger partial charge in [0.1, 0.15) is 46.3 Å². The first kappa shape index (κ1) is 29.9. The van der Waals surface area contributed by atoms with Crippen molar-refractivity contribution in [1.82, 2.24) is 9.13 Å². The van der Waals surface area contributed by atoms with Crippen LogP contribution in [0.15, 0.2) is 76.3 Å². The van der Waals surface area contributed by atoms with Crippen LogP contribution in [0.5, 0.6) is 17.2 Å². The molecule has 0 saturated carbocycles. The molecule has 2 aliphatic heterocycles. The highest BCUT2D eigenvalue weighted by molar-refractivity contribution is 14.1. The molecule has 0 spiro atoms. The third kappa shape index (κ3) is 5.73. The molecule has 3 heterocycles. The predicted octanol–water partition coefficient (Wildman–Crippen LogP) is 5.15. The molecule has 1 aromatic heterocycles. The maximum atomic E-state index is 15.5. The fourth-order valence-corrected chi connectivity index (χ4v) is 5.84. The summed E-state index contributed by atoms with van der Waals surface area (Å²) < 4.78 is 41.9. The molecule has 9 nitrogen and oxygen atoms in total. The topological polar surface area (TPSA) is 84.2 Å². The van der Waals surface area contributed by atoms with Crippen molar-refractivity contribution >= 4 is 34.2 Å². The first-order valence-electron chi connectivity index (χ1n) is 14.2. The predicted molar refractivity (Wildman–Crippen MR) is 174 cm³/mol. The zero-order chi connectivity index (χ0) is 31.0. The number of nitrogens with zero attached hydrogens (tertiary/aromatic N) is 3. The lowest BCUT2D eigenvalue weighted by molar-refractivity contribution is 0.140. The van der Waals surface area contributed by atoms with E-state index in [0.29, 0.717) is 46.1 Å². The Morgan fingerprint density at radius 3 is 2.55 bits per heavy atom. The van der Waals surface area contributed by atoms with Gasteiger partial charge >= 0.3 is 5.69 Å². The number of aromatic nitrogens is 2. The summed E-state index contributed by atoms with van der Waals surface area (Å²) >= 11 is 2.02. The van der Waals surface area contributed by atoms with E-state index in [9.17, 15) is 9.59 Å². The summed E-state index contributed by atoms with van der Waals surface area (Å²) in [5.41, 5.74) is 0.438. The minimum absolute atomic E-state index is 0.0357. The zero-order valence-corrected chi connectivity index (χ0v) is 26.7. The third-order valence-corrected chi connectivity index (χ3v) is 8.43. The maximum absolute atomic E-state index is 15.5. The van der Waals surface area contributed by atoms with Gasteiger partial charge in [0, 0.05) is 29.1 Å². The van der Waals surface area contributed by atoms with Gasteiger partial charge in [-0.1, -0.05) is 18.2 Å². The van der Waals surface area contributed by atoms with E-state index in [1.165, 1.54) is 10.6 Å². The standard InChI is InChI=1S/C33H31FIN3O6/c1-20-27(43-24-14-16-42-19-24)5-4-6-28(20)44-29-13-15-36(2)31-30(29)32(39)37(18-21-7-10-23(41-3)11-8-21)33(40)38(31)26-12-9-22(35)17-25(26)34/h4-13,17,24H,14-16,18-19H2,1-3H3/t24-/m0/s1. The summed E-state index contributed by atoms with van der Waals surface area (Å²) in [5, 5.41) is 0. The van der Waals surface area contributed by atoms with Crippen LogP contribution in [0.25, 0.3) is 11.4 Å². The van der Waals surface area contributed by atoms with Crippen LogP contribution < -0.4 is 30.4 Å². The molecule has 0 bridgehead atoms. The molecular formula is C33H31FIN3O6. The molecule has 0 radical (unpaired) electrons. The van der Waals surface area contributed by atoms with Gasteiger partial charge in [-0.3, -0.25) is 9.36 Å². The highest BCUT2D eigenvalue weighted by Gasteiger charge is 2.31. The van der Waals surface area contributed by atoms with Gasteiger partial charge in [-0.05, 0) is 83.6 Å². The highest BCUT2D eigenvalue weighted by atomic mass is 127. The summed E-state index contributed by atoms with van der Waals surface area (Å²) in [6, 6.07) is 17.2. The van der Waals surface area contributed by atoms with Gasteiger partial charge in [-0.25, -0.2) is 13.8 Å². The summed E-state index contributed by atoms with van der Waals surface area (Å²) in [6.07, 6.45) is 2.55. The van der Waals surface area contributed by atoms with E-state index in [-0.39, 0.29) is 35.5 Å². The second kappa shape index (κ2) is 12.5. The zero-order valence-electron chi connectivity index (χ0n) is 24.5. The monoisotopic (exact) mass is 711 g/mol. The van der Waals surface area contributed by atoms with E-state index in [0.717, 1.165) is 16.6 Å². The average molecular weight is 712 g/mol. The number of benzene rings is 3. The van der Waals surface area contributed by atoms with Gasteiger partial charge < -0.3 is 23.8 Å². The van der Waals surface area contributed by atoms with Gasteiger partial charge in [0.15, 0.2) is 0 Å². The van der Waals surface area contributed by atoms with E-state index >= 15 is 4.39 Å². The maximum Gasteiger partial charge on any atom is 0.337 e. The molecule has 6 rings (SSSR count). The third-order valence-electron chi connectivity index (χ3n) is 7.76. The number of fused-ring (bicyclic) bond motifs is 1. The molecule has 0 amide bonds. The number of likely N-dealkylation sites (N-methyl/N-ethyl adjacent to an activating group) is 1. The van der Waals surface area contributed by atoms with Crippen LogP contribution in [-0.4, -0.2) is 49.2 Å². The Labute approximate surface area is 267 Å². The van der Waals surface area contributed by atoms with Gasteiger partial charge in [0.2, 0.25) is 0 Å². The molecule has 1 saturated heterocycles. The molecule has 2 aliphatic rings. The Morgan fingerprint density at radius 2 is 1.84 bits per heavy atom. The average Bonchev–Trinajstić information content (AvgIpc) is 3.53. The van der Waals surface area contributed by atoms with Crippen molar-refractivity contribution in [3.05, 3.63) is 114 Å². The molecule has 1 fully saturated rings. The SMILES string of the molecule is COc1ccc(Cn2c(=O)c3c(n(-c4ccc(I)cc4F)c2=O)N(C)CC=C3Oc2cccc(O[C@H]3CCOC3)c2C)cc1. The van der Waals surface area contributed by atoms with Crippen LogP contribution in [0.3, 0.4) is 0 Å². The lowest BCUT2D eigenvalue weighted by Crippen LogP contribution is -2.46. The van der Waals surface area contributed by atoms with Gasteiger partial charge in [-0.2, -0.15) is 0 Å². The molecule has 11 heteroatoms. The van der Waals surface area contributed by atoms with Crippen molar-refractivity contribution in [3.63, 3.8) is 0 Å². The Morgan fingerprint density at radius 1 is 1.07 bits per heavy atom. The Kier molecular flexibility index (Phi) is 8.50. The fraction of sp³-hybridized carbons (Fsp3) is 0.273. The second-order valence-electron chi connectivity index (χ2n) is 10.7. The Bertz CT molecular complexity index is 1860. The Balaban J connectivity index is 1.50. The van der Waals surface area contributed by atoms with Gasteiger partial charge in [-0.15, -0.1) is 0 Å². The summed E-state index contributed by atoms with van der Waals surface area (Å²) in [6.45, 7) is 3.35. The van der Waals surface area contributed by atoms with Crippen LogP contribution >= 0.6 is 22.6 Å². The lowest BCUT2D eigenvalue weighted by Gasteiger charge is -2.30. The number of rotatable bonds is 8. The van der Waals surface area contributed by atoms with Crippen molar-refractivity contribution in [3.8, 4) is 22.9 Å². The van der Waals surface area contributed by atoms with Gasteiger partial charge in [0.05, 0.1) is 32.6 Å². The number of methoxy groups -OCH3 is 1. The molecule has 228 valence electrons. The largest absolute Gasteiger partial charge is 0.497 e. The van der Waals surface area contributed by atoms with Crippen molar-refractivity contribution in [2.75, 3.05) is 38.8 Å². The number of ether oxygens (including phenoxy) is 4. The quantitative estimate of drug-likeness (QED) is 0.234. The number of anilines is 1. The van der Waals surface area contributed by atoms with E-state index in [1.54, 1.807) is 67.6 Å². The minimum Gasteiger partial charge on any atom is -0.497 e. The molecular weight excluding hydrogens is 680 g/mol. The summed E-state index contributed by atoms with van der Waals surface area (Å²) in [5.74, 6) is 1.74. The number of halogens is 2. The van der Waals surface area contributed by atoms with E-state index in [2.05, 4.69) is 0 Å². The summed E-state index contributed by atoms with van der Waals surface area (Å²) in [7, 11) is 3.32. The molecule has 0 aliphatic carbocycles. The minimum atomic E-state index is -0.664. The van der Waals surface area contributed by atoms with E-state index in [4.69, 9.17) is 18.9 Å². The van der Waals surface area contributed by atoms with Crippen molar-refractivity contribution in [2.24, 2.45) is 0 Å². The first-order chi connectivity index (χ1) is 21.2. The number of hydrogen-bond donors (Lipinski definition) is 0. The second-order valence-corrected chi connectivity index (χ2v) is 11.9. The molecule has 0 N–H and O–H groups in total. The first-order valence-corrected chi connectivity index (χ1v) is 15.2. The molecule has 4 aromatic rings. The van der Waals surface area contributed by atoms with E-state index < -0.39 is 17.1 Å². The fourth-order valence-electron chi connectivity index (χ4n) is 5.39. The normalized spacial score (nSPS) is 16.0.